The lowest BCUT2D eigenvalue weighted by Gasteiger charge is -2.29. The van der Waals surface area contributed by atoms with Crippen molar-refractivity contribution in [1.82, 2.24) is 15.3 Å². The monoisotopic (exact) mass is 383 g/mol. The van der Waals surface area contributed by atoms with Crippen LogP contribution in [0.3, 0.4) is 0 Å². The first-order chi connectivity index (χ1) is 13.2. The SMILES string of the molecule is O=CC1CN(c2ncc(-c3cccc(Nc4ccc(Cl)cc4)n3)o2)CCN1. The van der Waals surface area contributed by atoms with Crippen LogP contribution in [0.2, 0.25) is 5.02 Å². The van der Waals surface area contributed by atoms with E-state index in [2.05, 4.69) is 20.6 Å². The molecule has 1 aliphatic rings. The number of anilines is 3. The van der Waals surface area contributed by atoms with Gasteiger partial charge in [0.2, 0.25) is 0 Å². The fourth-order valence-corrected chi connectivity index (χ4v) is 3.02. The van der Waals surface area contributed by atoms with Crippen LogP contribution in [-0.4, -0.2) is 41.9 Å². The van der Waals surface area contributed by atoms with Gasteiger partial charge in [-0.25, -0.2) is 9.97 Å². The van der Waals surface area contributed by atoms with Crippen LogP contribution in [0.1, 0.15) is 0 Å². The molecule has 0 amide bonds. The molecule has 8 heteroatoms. The molecule has 0 saturated carbocycles. The summed E-state index contributed by atoms with van der Waals surface area (Å²) in [7, 11) is 0. The van der Waals surface area contributed by atoms with E-state index in [0.29, 0.717) is 41.4 Å². The highest BCUT2D eigenvalue weighted by Crippen LogP contribution is 2.25. The summed E-state index contributed by atoms with van der Waals surface area (Å²) in [6, 6.07) is 13.3. The van der Waals surface area contributed by atoms with Crippen LogP contribution >= 0.6 is 11.6 Å². The van der Waals surface area contributed by atoms with E-state index in [4.69, 9.17) is 16.0 Å². The predicted octanol–water partition coefficient (Wildman–Crippen LogP) is 3.11. The number of hydrogen-bond acceptors (Lipinski definition) is 7. The number of halogens is 1. The molecule has 0 spiro atoms. The molecule has 1 fully saturated rings. The summed E-state index contributed by atoms with van der Waals surface area (Å²) in [4.78, 5) is 21.9. The Morgan fingerprint density at radius 2 is 2.11 bits per heavy atom. The molecule has 3 heterocycles. The van der Waals surface area contributed by atoms with Gasteiger partial charge in [-0.1, -0.05) is 17.7 Å². The number of oxazole rings is 1. The van der Waals surface area contributed by atoms with Gasteiger partial charge in [-0.2, -0.15) is 0 Å². The Morgan fingerprint density at radius 1 is 1.26 bits per heavy atom. The molecule has 0 radical (unpaired) electrons. The Morgan fingerprint density at radius 3 is 2.93 bits per heavy atom. The Hall–Kier alpha value is -2.90. The number of nitrogens with one attached hydrogen (secondary N) is 2. The molecular formula is C19H18ClN5O2. The average molecular weight is 384 g/mol. The maximum Gasteiger partial charge on any atom is 0.297 e. The summed E-state index contributed by atoms with van der Waals surface area (Å²) >= 11 is 5.91. The first-order valence-electron chi connectivity index (χ1n) is 8.61. The van der Waals surface area contributed by atoms with Crippen molar-refractivity contribution in [2.45, 2.75) is 6.04 Å². The third-order valence-electron chi connectivity index (χ3n) is 4.25. The second-order valence-corrected chi connectivity index (χ2v) is 6.63. The van der Waals surface area contributed by atoms with Crippen molar-refractivity contribution in [3.63, 3.8) is 0 Å². The van der Waals surface area contributed by atoms with Crippen molar-refractivity contribution < 1.29 is 9.21 Å². The molecule has 0 bridgehead atoms. The van der Waals surface area contributed by atoms with E-state index >= 15 is 0 Å². The fraction of sp³-hybridized carbons (Fsp3) is 0.211. The quantitative estimate of drug-likeness (QED) is 0.655. The predicted molar refractivity (Wildman–Crippen MR) is 105 cm³/mol. The van der Waals surface area contributed by atoms with Crippen LogP contribution in [-0.2, 0) is 4.79 Å². The second-order valence-electron chi connectivity index (χ2n) is 6.19. The third-order valence-corrected chi connectivity index (χ3v) is 4.50. The van der Waals surface area contributed by atoms with Gasteiger partial charge in [0, 0.05) is 30.3 Å². The first-order valence-corrected chi connectivity index (χ1v) is 8.98. The number of piperazine rings is 1. The van der Waals surface area contributed by atoms with Gasteiger partial charge in [-0.3, -0.25) is 0 Å². The molecular weight excluding hydrogens is 366 g/mol. The number of pyridine rings is 1. The maximum atomic E-state index is 11.0. The molecule has 1 aromatic carbocycles. The average Bonchev–Trinajstić information content (AvgIpc) is 3.20. The van der Waals surface area contributed by atoms with Crippen LogP contribution in [0.4, 0.5) is 17.5 Å². The number of rotatable bonds is 5. The Kier molecular flexibility index (Phi) is 5.04. The van der Waals surface area contributed by atoms with Gasteiger partial charge >= 0.3 is 0 Å². The molecule has 3 aromatic rings. The molecule has 138 valence electrons. The van der Waals surface area contributed by atoms with Gasteiger partial charge in [0.25, 0.3) is 6.01 Å². The number of hydrogen-bond donors (Lipinski definition) is 2. The zero-order valence-corrected chi connectivity index (χ0v) is 15.2. The molecule has 2 aromatic heterocycles. The lowest BCUT2D eigenvalue weighted by molar-refractivity contribution is -0.109. The van der Waals surface area contributed by atoms with Crippen molar-refractivity contribution in [3.8, 4) is 11.5 Å². The Balaban J connectivity index is 1.51. The van der Waals surface area contributed by atoms with Crippen LogP contribution in [0.25, 0.3) is 11.5 Å². The normalized spacial score (nSPS) is 16.9. The lowest BCUT2D eigenvalue weighted by Crippen LogP contribution is -2.51. The van der Waals surface area contributed by atoms with Gasteiger partial charge in [0.15, 0.2) is 5.76 Å². The molecule has 7 nitrogen and oxygen atoms in total. The number of aromatic nitrogens is 2. The van der Waals surface area contributed by atoms with Crippen molar-refractivity contribution in [2.24, 2.45) is 0 Å². The fourth-order valence-electron chi connectivity index (χ4n) is 2.90. The smallest absolute Gasteiger partial charge is 0.297 e. The van der Waals surface area contributed by atoms with Gasteiger partial charge < -0.3 is 24.7 Å². The first kappa shape index (κ1) is 17.5. The van der Waals surface area contributed by atoms with Crippen molar-refractivity contribution in [2.75, 3.05) is 29.9 Å². The molecule has 2 N–H and O–H groups in total. The topological polar surface area (TPSA) is 83.3 Å². The highest BCUT2D eigenvalue weighted by atomic mass is 35.5. The van der Waals surface area contributed by atoms with Crippen LogP contribution in [0.15, 0.2) is 53.1 Å². The highest BCUT2D eigenvalue weighted by Gasteiger charge is 2.22. The zero-order chi connectivity index (χ0) is 18.6. The second kappa shape index (κ2) is 7.77. The van der Waals surface area contributed by atoms with E-state index in [9.17, 15) is 4.79 Å². The summed E-state index contributed by atoms with van der Waals surface area (Å²) in [6.45, 7) is 1.98. The lowest BCUT2D eigenvalue weighted by atomic mass is 10.2. The minimum absolute atomic E-state index is 0.209. The Bertz CT molecular complexity index is 928. The summed E-state index contributed by atoms with van der Waals surface area (Å²) in [5.41, 5.74) is 1.57. The summed E-state index contributed by atoms with van der Waals surface area (Å²) < 4.78 is 5.89. The number of carbonyl (C=O) groups excluding carboxylic acids is 1. The van der Waals surface area contributed by atoms with E-state index in [1.54, 1.807) is 6.20 Å². The number of benzene rings is 1. The number of carbonyl (C=O) groups is 1. The van der Waals surface area contributed by atoms with E-state index in [0.717, 1.165) is 18.5 Å². The van der Waals surface area contributed by atoms with Crippen LogP contribution in [0.5, 0.6) is 0 Å². The standard InChI is InChI=1S/C19H18ClN5O2/c20-13-4-6-14(7-5-13)23-18-3-1-2-16(24-18)17-10-22-19(27-17)25-9-8-21-15(11-25)12-26/h1-7,10,12,15,21H,8-9,11H2,(H,23,24). The molecule has 1 atom stereocenters. The van der Waals surface area contributed by atoms with Crippen molar-refractivity contribution >= 4 is 35.4 Å². The van der Waals surface area contributed by atoms with Crippen LogP contribution < -0.4 is 15.5 Å². The summed E-state index contributed by atoms with van der Waals surface area (Å²) in [5.74, 6) is 1.27. The number of aldehydes is 1. The summed E-state index contributed by atoms with van der Waals surface area (Å²) in [5, 5.41) is 7.05. The van der Waals surface area contributed by atoms with Gasteiger partial charge in [0.05, 0.1) is 12.2 Å². The van der Waals surface area contributed by atoms with Gasteiger partial charge in [-0.15, -0.1) is 0 Å². The minimum Gasteiger partial charge on any atom is -0.422 e. The van der Waals surface area contributed by atoms with Crippen LogP contribution in [0, 0.1) is 0 Å². The van der Waals surface area contributed by atoms with E-state index < -0.39 is 0 Å². The molecule has 4 rings (SSSR count). The summed E-state index contributed by atoms with van der Waals surface area (Å²) in [6.07, 6.45) is 2.56. The van der Waals surface area contributed by atoms with E-state index in [1.807, 2.05) is 47.4 Å². The molecule has 1 unspecified atom stereocenters. The van der Waals surface area contributed by atoms with Gasteiger partial charge in [-0.05, 0) is 36.4 Å². The number of nitrogens with zero attached hydrogens (tertiary/aromatic N) is 3. The molecule has 27 heavy (non-hydrogen) atoms. The van der Waals surface area contributed by atoms with E-state index in [-0.39, 0.29) is 6.04 Å². The van der Waals surface area contributed by atoms with Gasteiger partial charge in [0.1, 0.15) is 17.8 Å². The molecule has 1 saturated heterocycles. The molecule has 1 aliphatic heterocycles. The molecule has 0 aliphatic carbocycles. The third kappa shape index (κ3) is 4.10. The highest BCUT2D eigenvalue weighted by molar-refractivity contribution is 6.30. The minimum atomic E-state index is -0.209. The van der Waals surface area contributed by atoms with Crippen molar-refractivity contribution in [1.29, 1.82) is 0 Å². The maximum absolute atomic E-state index is 11.0. The largest absolute Gasteiger partial charge is 0.422 e. The Labute approximate surface area is 161 Å². The van der Waals surface area contributed by atoms with Crippen molar-refractivity contribution in [3.05, 3.63) is 53.7 Å². The zero-order valence-electron chi connectivity index (χ0n) is 14.4. The van der Waals surface area contributed by atoms with E-state index in [1.165, 1.54) is 0 Å².